The molecular weight excluding hydrogens is 327 g/mol. The van der Waals surface area contributed by atoms with Crippen LogP contribution in [0.5, 0.6) is 0 Å². The quantitative estimate of drug-likeness (QED) is 0.336. The van der Waals surface area contributed by atoms with E-state index in [4.69, 9.17) is 0 Å². The molecule has 0 heterocycles. The van der Waals surface area contributed by atoms with E-state index in [-0.39, 0.29) is 12.5 Å². The molecule has 0 rings (SSSR count). The van der Waals surface area contributed by atoms with Crippen LogP contribution in [-0.4, -0.2) is 23.9 Å². The van der Waals surface area contributed by atoms with Crippen LogP contribution < -0.4 is 0 Å². The fourth-order valence-electron chi connectivity index (χ4n) is 1.23. The van der Waals surface area contributed by atoms with Gasteiger partial charge in [0.1, 0.15) is 0 Å². The standard InChI is InChI=1S/C13H13F9/c1-2-3-4-5-6-7-8-9-10(14,15)11(16,17)12(18,19)13(20,21)22/h8-9H,2-5H2,1H3/b9-8+. The summed E-state index contributed by atoms with van der Waals surface area (Å²) in [6, 6.07) is 0. The third kappa shape index (κ3) is 4.58. The average Bonchev–Trinajstić information content (AvgIpc) is 2.35. The number of rotatable bonds is 6. The first-order valence-corrected chi connectivity index (χ1v) is 6.17. The second-order valence-electron chi connectivity index (χ2n) is 4.38. The van der Waals surface area contributed by atoms with Gasteiger partial charge >= 0.3 is 23.9 Å². The molecule has 0 bridgehead atoms. The fourth-order valence-corrected chi connectivity index (χ4v) is 1.23. The second-order valence-corrected chi connectivity index (χ2v) is 4.38. The summed E-state index contributed by atoms with van der Waals surface area (Å²) < 4.78 is 112. The summed E-state index contributed by atoms with van der Waals surface area (Å²) in [5.74, 6) is -15.0. The van der Waals surface area contributed by atoms with E-state index in [0.29, 0.717) is 6.42 Å². The van der Waals surface area contributed by atoms with Crippen molar-refractivity contribution < 1.29 is 39.5 Å². The maximum Gasteiger partial charge on any atom is 0.460 e. The van der Waals surface area contributed by atoms with E-state index < -0.39 is 30.0 Å². The lowest BCUT2D eigenvalue weighted by Gasteiger charge is -2.32. The maximum absolute atomic E-state index is 13.0. The van der Waals surface area contributed by atoms with Crippen molar-refractivity contribution >= 4 is 0 Å². The Morgan fingerprint density at radius 1 is 0.818 bits per heavy atom. The van der Waals surface area contributed by atoms with Crippen molar-refractivity contribution in [1.29, 1.82) is 0 Å². The van der Waals surface area contributed by atoms with Gasteiger partial charge in [-0.3, -0.25) is 0 Å². The van der Waals surface area contributed by atoms with Crippen molar-refractivity contribution in [3.63, 3.8) is 0 Å². The topological polar surface area (TPSA) is 0 Å². The van der Waals surface area contributed by atoms with Gasteiger partial charge in [0.15, 0.2) is 0 Å². The molecule has 0 saturated heterocycles. The highest BCUT2D eigenvalue weighted by Gasteiger charge is 2.81. The highest BCUT2D eigenvalue weighted by molar-refractivity contribution is 5.20. The van der Waals surface area contributed by atoms with Gasteiger partial charge in [-0.1, -0.05) is 31.6 Å². The van der Waals surface area contributed by atoms with Gasteiger partial charge < -0.3 is 0 Å². The van der Waals surface area contributed by atoms with E-state index in [1.54, 1.807) is 0 Å². The summed E-state index contributed by atoms with van der Waals surface area (Å²) in [5.41, 5.74) is 0. The molecule has 0 aliphatic carbocycles. The number of hydrogen-bond donors (Lipinski definition) is 0. The van der Waals surface area contributed by atoms with Gasteiger partial charge in [-0.05, 0) is 18.6 Å². The molecule has 0 spiro atoms. The van der Waals surface area contributed by atoms with Gasteiger partial charge in [0.2, 0.25) is 0 Å². The normalized spacial score (nSPS) is 14.1. The SMILES string of the molecule is CCCCCC#C/C=C/C(F)(F)C(F)(F)C(F)(F)C(F)(F)F. The Bertz CT molecular complexity index is 435. The minimum atomic E-state index is -6.87. The summed E-state index contributed by atoms with van der Waals surface area (Å²) in [6.45, 7) is 1.89. The smallest absolute Gasteiger partial charge is 0.195 e. The molecule has 0 atom stereocenters. The Morgan fingerprint density at radius 3 is 1.82 bits per heavy atom. The van der Waals surface area contributed by atoms with Crippen molar-refractivity contribution in [3.05, 3.63) is 12.2 Å². The van der Waals surface area contributed by atoms with Gasteiger partial charge in [0.05, 0.1) is 0 Å². The molecule has 128 valence electrons. The van der Waals surface area contributed by atoms with Crippen LogP contribution in [0.15, 0.2) is 12.2 Å². The first-order valence-electron chi connectivity index (χ1n) is 6.17. The number of halogens is 9. The molecule has 0 aromatic carbocycles. The second kappa shape index (κ2) is 7.29. The van der Waals surface area contributed by atoms with Gasteiger partial charge in [-0.2, -0.15) is 39.5 Å². The molecule has 0 amide bonds. The Hall–Kier alpha value is -1.33. The van der Waals surface area contributed by atoms with Crippen LogP contribution in [0.4, 0.5) is 39.5 Å². The van der Waals surface area contributed by atoms with E-state index in [2.05, 4.69) is 5.92 Å². The Morgan fingerprint density at radius 2 is 1.36 bits per heavy atom. The summed E-state index contributed by atoms with van der Waals surface area (Å²) in [5, 5.41) is 0. The van der Waals surface area contributed by atoms with Crippen LogP contribution in [0, 0.1) is 11.8 Å². The van der Waals surface area contributed by atoms with Crippen LogP contribution >= 0.6 is 0 Å². The molecule has 0 saturated carbocycles. The van der Waals surface area contributed by atoms with Crippen LogP contribution in [0.3, 0.4) is 0 Å². The molecule has 0 N–H and O–H groups in total. The number of alkyl halides is 9. The number of hydrogen-bond acceptors (Lipinski definition) is 0. The number of unbranched alkanes of at least 4 members (excludes halogenated alkanes) is 3. The molecule has 0 unspecified atom stereocenters. The lowest BCUT2D eigenvalue weighted by Crippen LogP contribution is -2.60. The minimum absolute atomic E-state index is 0.145. The van der Waals surface area contributed by atoms with Crippen molar-refractivity contribution in [2.24, 2.45) is 0 Å². The van der Waals surface area contributed by atoms with Crippen molar-refractivity contribution in [2.45, 2.75) is 56.6 Å². The zero-order chi connectivity index (χ0) is 17.7. The average molecular weight is 340 g/mol. The van der Waals surface area contributed by atoms with Crippen LogP contribution in [0.25, 0.3) is 0 Å². The van der Waals surface area contributed by atoms with Crippen molar-refractivity contribution in [1.82, 2.24) is 0 Å². The van der Waals surface area contributed by atoms with Crippen LogP contribution in [-0.2, 0) is 0 Å². The van der Waals surface area contributed by atoms with E-state index in [1.165, 1.54) is 0 Å². The van der Waals surface area contributed by atoms with E-state index in [0.717, 1.165) is 12.8 Å². The highest BCUT2D eigenvalue weighted by atomic mass is 19.4. The molecule has 0 aromatic rings. The first kappa shape index (κ1) is 20.7. The van der Waals surface area contributed by atoms with Gasteiger partial charge in [0, 0.05) is 6.42 Å². The van der Waals surface area contributed by atoms with Crippen LogP contribution in [0.1, 0.15) is 32.6 Å². The van der Waals surface area contributed by atoms with Gasteiger partial charge in [0.25, 0.3) is 0 Å². The number of allylic oxidation sites excluding steroid dienone is 2. The Kier molecular flexibility index (Phi) is 6.85. The first-order chi connectivity index (χ1) is 9.81. The summed E-state index contributed by atoms with van der Waals surface area (Å²) in [4.78, 5) is 0. The van der Waals surface area contributed by atoms with Gasteiger partial charge in [-0.15, -0.1) is 0 Å². The summed E-state index contributed by atoms with van der Waals surface area (Å²) in [7, 11) is 0. The van der Waals surface area contributed by atoms with Crippen LogP contribution in [0.2, 0.25) is 0 Å². The van der Waals surface area contributed by atoms with E-state index in [1.807, 2.05) is 12.8 Å². The molecule has 0 radical (unpaired) electrons. The molecule has 0 fully saturated rings. The molecule has 9 heteroatoms. The predicted octanol–water partition coefficient (Wildman–Crippen LogP) is 5.59. The third-order valence-electron chi connectivity index (χ3n) is 2.55. The predicted molar refractivity (Wildman–Crippen MR) is 62.0 cm³/mol. The molecule has 0 nitrogen and oxygen atoms in total. The van der Waals surface area contributed by atoms with Crippen molar-refractivity contribution in [3.8, 4) is 11.8 Å². The minimum Gasteiger partial charge on any atom is -0.195 e. The largest absolute Gasteiger partial charge is 0.460 e. The third-order valence-corrected chi connectivity index (χ3v) is 2.55. The summed E-state index contributed by atoms with van der Waals surface area (Å²) >= 11 is 0. The monoisotopic (exact) mass is 340 g/mol. The maximum atomic E-state index is 13.0. The highest BCUT2D eigenvalue weighted by Crippen LogP contribution is 2.53. The van der Waals surface area contributed by atoms with Gasteiger partial charge in [-0.25, -0.2) is 0 Å². The zero-order valence-corrected chi connectivity index (χ0v) is 11.4. The molecule has 22 heavy (non-hydrogen) atoms. The Balaban J connectivity index is 5.06. The lowest BCUT2D eigenvalue weighted by molar-refractivity contribution is -0.388. The molecule has 0 aliphatic heterocycles. The van der Waals surface area contributed by atoms with Crippen molar-refractivity contribution in [2.75, 3.05) is 0 Å². The fraction of sp³-hybridized carbons (Fsp3) is 0.692. The molecule has 0 aliphatic rings. The summed E-state index contributed by atoms with van der Waals surface area (Å²) in [6.07, 6.45) is -4.88. The lowest BCUT2D eigenvalue weighted by atomic mass is 10.0. The molecule has 0 aromatic heterocycles. The zero-order valence-electron chi connectivity index (χ0n) is 11.4. The Labute approximate surface area is 121 Å². The van der Waals surface area contributed by atoms with E-state index >= 15 is 0 Å². The molecular formula is C13H13F9. The van der Waals surface area contributed by atoms with E-state index in [9.17, 15) is 39.5 Å².